The van der Waals surface area contributed by atoms with E-state index < -0.39 is 0 Å². The zero-order valence-electron chi connectivity index (χ0n) is 16.4. The molecule has 0 fully saturated rings. The number of aromatic nitrogens is 3. The molecule has 2 aromatic carbocycles. The van der Waals surface area contributed by atoms with Crippen LogP contribution in [-0.4, -0.2) is 14.8 Å². The second kappa shape index (κ2) is 10.6. The number of allylic oxidation sites excluding steroid dienone is 4. The SMILES string of the molecule is C/C=C(\C)Br.C/C=C\Cn1c(-c2ccccc2)nnc1-c1ccccc1C. The van der Waals surface area contributed by atoms with E-state index in [2.05, 4.69) is 74.0 Å². The molecule has 0 aliphatic heterocycles. The fourth-order valence-corrected chi connectivity index (χ4v) is 2.51. The average molecular weight is 424 g/mol. The first kappa shape index (κ1) is 20.8. The lowest BCUT2D eigenvalue weighted by Gasteiger charge is -2.10. The van der Waals surface area contributed by atoms with Crippen LogP contribution in [0.15, 0.2) is 77.3 Å². The van der Waals surface area contributed by atoms with Crippen LogP contribution >= 0.6 is 15.9 Å². The molecule has 0 bridgehead atoms. The summed E-state index contributed by atoms with van der Waals surface area (Å²) < 4.78 is 3.36. The van der Waals surface area contributed by atoms with E-state index in [0.717, 1.165) is 29.3 Å². The number of rotatable bonds is 4. The molecule has 4 heteroatoms. The maximum Gasteiger partial charge on any atom is 0.164 e. The highest BCUT2D eigenvalue weighted by atomic mass is 79.9. The van der Waals surface area contributed by atoms with Crippen LogP contribution < -0.4 is 0 Å². The third kappa shape index (κ3) is 5.76. The molecule has 0 radical (unpaired) electrons. The van der Waals surface area contributed by atoms with Crippen molar-refractivity contribution < 1.29 is 0 Å². The highest BCUT2D eigenvalue weighted by molar-refractivity contribution is 9.11. The molecular formula is C23H26BrN3. The maximum atomic E-state index is 4.46. The lowest BCUT2D eigenvalue weighted by atomic mass is 10.1. The fraction of sp³-hybridized carbons (Fsp3) is 0.217. The zero-order valence-corrected chi connectivity index (χ0v) is 17.9. The number of hydrogen-bond acceptors (Lipinski definition) is 2. The molecule has 0 N–H and O–H groups in total. The first-order valence-electron chi connectivity index (χ1n) is 9.02. The first-order valence-corrected chi connectivity index (χ1v) is 9.82. The summed E-state index contributed by atoms with van der Waals surface area (Å²) in [6, 6.07) is 18.5. The molecule has 0 aliphatic carbocycles. The average Bonchev–Trinajstić information content (AvgIpc) is 3.11. The molecule has 1 heterocycles. The van der Waals surface area contributed by atoms with Gasteiger partial charge in [-0.2, -0.15) is 0 Å². The Morgan fingerprint density at radius 3 is 2.15 bits per heavy atom. The molecule has 27 heavy (non-hydrogen) atoms. The molecule has 0 unspecified atom stereocenters. The number of nitrogens with zero attached hydrogens (tertiary/aromatic N) is 3. The van der Waals surface area contributed by atoms with Gasteiger partial charge in [0, 0.05) is 17.7 Å². The lowest BCUT2D eigenvalue weighted by molar-refractivity contribution is 0.834. The quantitative estimate of drug-likeness (QED) is 0.431. The highest BCUT2D eigenvalue weighted by Crippen LogP contribution is 2.26. The van der Waals surface area contributed by atoms with Crippen LogP contribution in [0.3, 0.4) is 0 Å². The van der Waals surface area contributed by atoms with Crippen molar-refractivity contribution in [2.45, 2.75) is 34.2 Å². The van der Waals surface area contributed by atoms with Crippen molar-refractivity contribution in [3.8, 4) is 22.8 Å². The van der Waals surface area contributed by atoms with Crippen molar-refractivity contribution >= 4 is 15.9 Å². The number of hydrogen-bond donors (Lipinski definition) is 0. The maximum absolute atomic E-state index is 4.46. The van der Waals surface area contributed by atoms with Crippen LogP contribution in [-0.2, 0) is 6.54 Å². The highest BCUT2D eigenvalue weighted by Gasteiger charge is 2.15. The summed E-state index contributed by atoms with van der Waals surface area (Å²) in [6.45, 7) is 8.88. The standard InChI is InChI=1S/C19H19N3.C4H7Br/c1-3-4-14-22-18(16-11-6-5-7-12-16)20-21-19(22)17-13-9-8-10-15(17)2;1-3-4(2)5/h3-13H,14H2,1-2H3;3H,1-2H3/b4-3-;4-3+. The van der Waals surface area contributed by atoms with Crippen molar-refractivity contribution in [3.63, 3.8) is 0 Å². The molecule has 3 rings (SSSR count). The molecule has 0 spiro atoms. The summed E-state index contributed by atoms with van der Waals surface area (Å²) in [5, 5.41) is 8.89. The summed E-state index contributed by atoms with van der Waals surface area (Å²) in [6.07, 6.45) is 6.17. The summed E-state index contributed by atoms with van der Waals surface area (Å²) in [4.78, 5) is 0. The van der Waals surface area contributed by atoms with Gasteiger partial charge in [0.15, 0.2) is 11.6 Å². The van der Waals surface area contributed by atoms with Gasteiger partial charge < -0.3 is 4.57 Å². The predicted molar refractivity (Wildman–Crippen MR) is 119 cm³/mol. The minimum Gasteiger partial charge on any atom is -0.303 e. The van der Waals surface area contributed by atoms with Crippen LogP contribution in [0.4, 0.5) is 0 Å². The first-order chi connectivity index (χ1) is 13.1. The van der Waals surface area contributed by atoms with E-state index in [1.54, 1.807) is 0 Å². The van der Waals surface area contributed by atoms with Crippen molar-refractivity contribution in [1.29, 1.82) is 0 Å². The monoisotopic (exact) mass is 423 g/mol. The van der Waals surface area contributed by atoms with E-state index in [0.29, 0.717) is 0 Å². The Kier molecular flexibility index (Phi) is 8.21. The normalized spacial score (nSPS) is 11.4. The lowest BCUT2D eigenvalue weighted by Crippen LogP contribution is -2.02. The van der Waals surface area contributed by atoms with Gasteiger partial charge in [0.1, 0.15) is 0 Å². The molecule has 3 nitrogen and oxygen atoms in total. The smallest absolute Gasteiger partial charge is 0.164 e. The summed E-state index contributed by atoms with van der Waals surface area (Å²) >= 11 is 3.23. The Hall–Kier alpha value is -2.46. The fourth-order valence-electron chi connectivity index (χ4n) is 2.51. The molecule has 3 aromatic rings. The van der Waals surface area contributed by atoms with E-state index in [-0.39, 0.29) is 0 Å². The van der Waals surface area contributed by atoms with Crippen molar-refractivity contribution in [1.82, 2.24) is 14.8 Å². The van der Waals surface area contributed by atoms with Crippen molar-refractivity contribution in [2.75, 3.05) is 0 Å². The second-order valence-corrected chi connectivity index (χ2v) is 7.33. The van der Waals surface area contributed by atoms with Crippen LogP contribution in [0.1, 0.15) is 26.3 Å². The Labute approximate surface area is 170 Å². The van der Waals surface area contributed by atoms with Gasteiger partial charge >= 0.3 is 0 Å². The van der Waals surface area contributed by atoms with Gasteiger partial charge in [0.05, 0.1) is 0 Å². The molecule has 0 atom stereocenters. The van der Waals surface area contributed by atoms with Gasteiger partial charge in [0.2, 0.25) is 0 Å². The molecule has 140 valence electrons. The Bertz CT molecular complexity index is 904. The molecule has 1 aromatic heterocycles. The van der Waals surface area contributed by atoms with Crippen LogP contribution in [0, 0.1) is 6.92 Å². The molecule has 0 saturated heterocycles. The van der Waals surface area contributed by atoms with Gasteiger partial charge in [0.25, 0.3) is 0 Å². The largest absolute Gasteiger partial charge is 0.303 e. The Morgan fingerprint density at radius 2 is 1.56 bits per heavy atom. The number of aryl methyl sites for hydroxylation is 1. The number of benzene rings is 2. The summed E-state index contributed by atoms with van der Waals surface area (Å²) in [5.74, 6) is 1.81. The topological polar surface area (TPSA) is 30.7 Å². The van der Waals surface area contributed by atoms with Gasteiger partial charge in [-0.05, 0) is 37.7 Å². The van der Waals surface area contributed by atoms with E-state index in [1.807, 2.05) is 57.2 Å². The Morgan fingerprint density at radius 1 is 0.963 bits per heavy atom. The van der Waals surface area contributed by atoms with Gasteiger partial charge in [-0.15, -0.1) is 10.2 Å². The van der Waals surface area contributed by atoms with Crippen LogP contribution in [0.25, 0.3) is 22.8 Å². The minimum atomic E-state index is 0.761. The van der Waals surface area contributed by atoms with E-state index in [4.69, 9.17) is 0 Å². The molecule has 0 amide bonds. The van der Waals surface area contributed by atoms with Gasteiger partial charge in [-0.1, -0.05) is 88.8 Å². The summed E-state index contributed by atoms with van der Waals surface area (Å²) in [7, 11) is 0. The van der Waals surface area contributed by atoms with Crippen molar-refractivity contribution in [3.05, 3.63) is 82.9 Å². The molecule has 0 aliphatic rings. The number of halogens is 1. The zero-order chi connectivity index (χ0) is 19.6. The minimum absolute atomic E-state index is 0.761. The van der Waals surface area contributed by atoms with Crippen molar-refractivity contribution in [2.24, 2.45) is 0 Å². The van der Waals surface area contributed by atoms with Crippen LogP contribution in [0.2, 0.25) is 0 Å². The van der Waals surface area contributed by atoms with E-state index >= 15 is 0 Å². The predicted octanol–water partition coefficient (Wildman–Crippen LogP) is 6.80. The third-order valence-corrected chi connectivity index (χ3v) is 4.55. The summed E-state index contributed by atoms with van der Waals surface area (Å²) in [5.41, 5.74) is 3.41. The third-order valence-electron chi connectivity index (χ3n) is 4.09. The molecular weight excluding hydrogens is 398 g/mol. The Balaban J connectivity index is 0.000000465. The van der Waals surface area contributed by atoms with E-state index in [9.17, 15) is 0 Å². The molecule has 0 saturated carbocycles. The van der Waals surface area contributed by atoms with Gasteiger partial charge in [-0.25, -0.2) is 0 Å². The van der Waals surface area contributed by atoms with Gasteiger partial charge in [-0.3, -0.25) is 0 Å². The van der Waals surface area contributed by atoms with Crippen LogP contribution in [0.5, 0.6) is 0 Å². The van der Waals surface area contributed by atoms with E-state index in [1.165, 1.54) is 10.0 Å². The second-order valence-electron chi connectivity index (χ2n) is 6.08.